The molecule has 52 valence electrons. The molecule has 1 aliphatic rings. The van der Waals surface area contributed by atoms with E-state index in [4.69, 9.17) is 0 Å². The third kappa shape index (κ3) is 0.786. The van der Waals surface area contributed by atoms with Crippen LogP contribution in [0.25, 0.3) is 0 Å². The van der Waals surface area contributed by atoms with Crippen LogP contribution >= 0.6 is 0 Å². The van der Waals surface area contributed by atoms with Gasteiger partial charge in [0.2, 0.25) is 0 Å². The number of aromatic nitrogens is 2. The summed E-state index contributed by atoms with van der Waals surface area (Å²) in [6.07, 6.45) is 0.667. The molecule has 0 aliphatic carbocycles. The Labute approximate surface area is 63.8 Å². The molecule has 5 heteroatoms. The van der Waals surface area contributed by atoms with E-state index >= 15 is 0 Å². The summed E-state index contributed by atoms with van der Waals surface area (Å²) in [7, 11) is 0. The maximum atomic E-state index is 10.8. The molecule has 1 aromatic rings. The molecule has 1 saturated heterocycles. The van der Waals surface area contributed by atoms with Gasteiger partial charge >= 0.3 is 63.3 Å². The Morgan fingerprint density at radius 3 is 3.00 bits per heavy atom. The molecular weight excluding hydrogens is 197 g/mol. The van der Waals surface area contributed by atoms with Crippen LogP contribution in [-0.2, 0) is 4.79 Å². The molecule has 0 N–H and O–H groups in total. The fourth-order valence-corrected chi connectivity index (χ4v) is 1.77. The summed E-state index contributed by atoms with van der Waals surface area (Å²) in [5, 5.41) is 3.83. The Balaban J connectivity index is 2.21. The van der Waals surface area contributed by atoms with Crippen molar-refractivity contribution >= 4 is 26.5 Å². The van der Waals surface area contributed by atoms with Crippen LogP contribution in [0.1, 0.15) is 6.42 Å². The number of carbonyl (C=O) groups excluding carboxylic acids is 1. The summed E-state index contributed by atoms with van der Waals surface area (Å²) in [5.41, 5.74) is 0. The Bertz CT molecular complexity index is 245. The molecule has 1 aliphatic heterocycles. The van der Waals surface area contributed by atoms with Crippen molar-refractivity contribution in [2.24, 2.45) is 0 Å². The van der Waals surface area contributed by atoms with Crippen LogP contribution < -0.4 is 4.90 Å². The molecule has 4 nitrogen and oxygen atoms in total. The Morgan fingerprint density at radius 1 is 1.70 bits per heavy atom. The van der Waals surface area contributed by atoms with Crippen LogP contribution in [0, 0.1) is 0 Å². The van der Waals surface area contributed by atoms with E-state index in [0.29, 0.717) is 6.42 Å². The van der Waals surface area contributed by atoms with Crippen LogP contribution in [-0.4, -0.2) is 36.4 Å². The number of carbonyl (C=O) groups is 1. The second-order valence-corrected chi connectivity index (χ2v) is 3.34. The first kappa shape index (κ1) is 6.07. The first-order valence-electron chi connectivity index (χ1n) is 2.95. The van der Waals surface area contributed by atoms with Crippen molar-refractivity contribution in [2.45, 2.75) is 6.42 Å². The molecule has 0 unspecified atom stereocenters. The molecule has 0 radical (unpaired) electrons. The van der Waals surface area contributed by atoms with E-state index in [9.17, 15) is 4.79 Å². The van der Waals surface area contributed by atoms with Crippen molar-refractivity contribution in [1.82, 2.24) is 9.19 Å². The molecule has 0 atom stereocenters. The standard InChI is InChI=1S/C5H5N3OSe/c9-5-1-2-8(5)4-3-10-7-6-4/h3H,1-2H2. The third-order valence-corrected chi connectivity index (χ3v) is 2.51. The van der Waals surface area contributed by atoms with Crippen molar-refractivity contribution in [3.63, 3.8) is 0 Å². The van der Waals surface area contributed by atoms with E-state index < -0.39 is 0 Å². The van der Waals surface area contributed by atoms with Gasteiger partial charge < -0.3 is 0 Å². The topological polar surface area (TPSA) is 46.1 Å². The Hall–Kier alpha value is -0.671. The number of nitrogens with zero attached hydrogens (tertiary/aromatic N) is 3. The van der Waals surface area contributed by atoms with Gasteiger partial charge in [0.1, 0.15) is 0 Å². The van der Waals surface area contributed by atoms with Crippen molar-refractivity contribution in [3.8, 4) is 0 Å². The van der Waals surface area contributed by atoms with Crippen LogP contribution in [0.4, 0.5) is 5.82 Å². The predicted octanol–water partition coefficient (Wildman–Crippen LogP) is -0.730. The molecule has 1 amide bonds. The normalized spacial score (nSPS) is 17.2. The monoisotopic (exact) mass is 203 g/mol. The van der Waals surface area contributed by atoms with Gasteiger partial charge in [-0.2, -0.15) is 0 Å². The van der Waals surface area contributed by atoms with Gasteiger partial charge in [0.25, 0.3) is 0 Å². The van der Waals surface area contributed by atoms with Gasteiger partial charge in [0.15, 0.2) is 0 Å². The van der Waals surface area contributed by atoms with E-state index in [1.165, 1.54) is 0 Å². The van der Waals surface area contributed by atoms with Crippen molar-refractivity contribution < 1.29 is 4.79 Å². The number of hydrogen-bond acceptors (Lipinski definition) is 3. The van der Waals surface area contributed by atoms with Crippen molar-refractivity contribution in [3.05, 3.63) is 4.94 Å². The summed E-state index contributed by atoms with van der Waals surface area (Å²) in [4.78, 5) is 14.4. The minimum absolute atomic E-state index is 0.144. The number of anilines is 1. The first-order chi connectivity index (χ1) is 4.88. The molecule has 0 saturated carbocycles. The van der Waals surface area contributed by atoms with Crippen LogP contribution in [0.5, 0.6) is 0 Å². The third-order valence-electron chi connectivity index (χ3n) is 1.48. The second-order valence-electron chi connectivity index (χ2n) is 2.06. The molecule has 0 spiro atoms. The van der Waals surface area contributed by atoms with Gasteiger partial charge in [-0.05, 0) is 0 Å². The van der Waals surface area contributed by atoms with Crippen molar-refractivity contribution in [2.75, 3.05) is 11.4 Å². The van der Waals surface area contributed by atoms with Gasteiger partial charge in [-0.25, -0.2) is 0 Å². The quantitative estimate of drug-likeness (QED) is 0.445. The van der Waals surface area contributed by atoms with E-state index in [2.05, 4.69) is 9.19 Å². The molecular formula is C5H5N3OSe. The zero-order valence-corrected chi connectivity index (χ0v) is 6.86. The molecule has 1 aromatic heterocycles. The first-order valence-corrected chi connectivity index (χ1v) is 4.71. The maximum absolute atomic E-state index is 10.8. The van der Waals surface area contributed by atoms with Crippen LogP contribution in [0.2, 0.25) is 0 Å². The Morgan fingerprint density at radius 2 is 2.60 bits per heavy atom. The summed E-state index contributed by atoms with van der Waals surface area (Å²) in [6.45, 7) is 0.819. The summed E-state index contributed by atoms with van der Waals surface area (Å²) in [5.74, 6) is 0.930. The van der Waals surface area contributed by atoms with Gasteiger partial charge in [-0.15, -0.1) is 0 Å². The molecule has 2 heterocycles. The summed E-state index contributed by atoms with van der Waals surface area (Å²) in [6, 6.07) is 0. The van der Waals surface area contributed by atoms with E-state index in [0.717, 1.165) is 12.4 Å². The molecule has 0 aromatic carbocycles. The summed E-state index contributed by atoms with van der Waals surface area (Å²) < 4.78 is 3.80. The SMILES string of the molecule is O=C1CCN1c1c[se]nn1. The summed E-state index contributed by atoms with van der Waals surface area (Å²) >= 11 is 0.144. The van der Waals surface area contributed by atoms with Crippen LogP contribution in [0.15, 0.2) is 4.94 Å². The minimum atomic E-state index is 0.144. The Kier molecular flexibility index (Phi) is 1.32. The molecule has 2 rings (SSSR count). The second kappa shape index (κ2) is 2.18. The van der Waals surface area contributed by atoms with Gasteiger partial charge in [0, 0.05) is 0 Å². The van der Waals surface area contributed by atoms with E-state index in [-0.39, 0.29) is 20.6 Å². The van der Waals surface area contributed by atoms with Gasteiger partial charge in [0.05, 0.1) is 0 Å². The number of amides is 1. The number of β-lactam (4-membered cyclic amide) rings is 1. The molecule has 10 heavy (non-hydrogen) atoms. The molecule has 0 bridgehead atoms. The van der Waals surface area contributed by atoms with E-state index in [1.54, 1.807) is 4.90 Å². The zero-order valence-electron chi connectivity index (χ0n) is 5.15. The van der Waals surface area contributed by atoms with Crippen molar-refractivity contribution in [1.29, 1.82) is 0 Å². The van der Waals surface area contributed by atoms with Crippen LogP contribution in [0.3, 0.4) is 0 Å². The predicted molar refractivity (Wildman–Crippen MR) is 35.9 cm³/mol. The average Bonchev–Trinajstić information content (AvgIpc) is 2.37. The fraction of sp³-hybridized carbons (Fsp3) is 0.400. The van der Waals surface area contributed by atoms with E-state index in [1.807, 2.05) is 4.94 Å². The fourth-order valence-electron chi connectivity index (χ4n) is 0.834. The number of rotatable bonds is 1. The average molecular weight is 202 g/mol. The number of hydrogen-bond donors (Lipinski definition) is 0. The molecule has 1 fully saturated rings. The zero-order chi connectivity index (χ0) is 6.97. The van der Waals surface area contributed by atoms with Gasteiger partial charge in [-0.1, -0.05) is 0 Å². The van der Waals surface area contributed by atoms with Gasteiger partial charge in [-0.3, -0.25) is 0 Å².